The van der Waals surface area contributed by atoms with Crippen LogP contribution in [-0.4, -0.2) is 40.2 Å². The number of aliphatic hydroxyl groups is 1. The molecule has 1 aliphatic heterocycles. The van der Waals surface area contributed by atoms with Gasteiger partial charge in [0.2, 0.25) is 0 Å². The zero-order chi connectivity index (χ0) is 12.3. The van der Waals surface area contributed by atoms with Crippen LogP contribution in [0.4, 0.5) is 0 Å². The molecule has 1 N–H and O–H groups in total. The van der Waals surface area contributed by atoms with Gasteiger partial charge in [-0.15, -0.1) is 0 Å². The predicted octanol–water partition coefficient (Wildman–Crippen LogP) is 1.35. The minimum atomic E-state index is 0.0926. The van der Waals surface area contributed by atoms with Crippen molar-refractivity contribution >= 4 is 5.91 Å². The molecule has 1 aromatic heterocycles. The lowest BCUT2D eigenvalue weighted by atomic mass is 9.99. The van der Waals surface area contributed by atoms with E-state index in [1.165, 1.54) is 0 Å². The second-order valence-electron chi connectivity index (χ2n) is 4.62. The number of carbonyl (C=O) groups excluding carboxylic acids is 1. The molecule has 1 fully saturated rings. The van der Waals surface area contributed by atoms with Gasteiger partial charge in [0.15, 0.2) is 0 Å². The molecule has 4 heteroatoms. The van der Waals surface area contributed by atoms with Crippen LogP contribution in [0.3, 0.4) is 0 Å². The van der Waals surface area contributed by atoms with Crippen LogP contribution in [0.15, 0.2) is 18.3 Å². The molecule has 2 heterocycles. The van der Waals surface area contributed by atoms with Gasteiger partial charge in [0.05, 0.1) is 0 Å². The lowest BCUT2D eigenvalue weighted by Crippen LogP contribution is -2.41. The summed E-state index contributed by atoms with van der Waals surface area (Å²) < 4.78 is 1.96. The summed E-state index contributed by atoms with van der Waals surface area (Å²) in [4.78, 5) is 14.2. The Morgan fingerprint density at radius 2 is 2.41 bits per heavy atom. The molecule has 0 aliphatic carbocycles. The van der Waals surface area contributed by atoms with E-state index in [4.69, 9.17) is 0 Å². The highest BCUT2D eigenvalue weighted by Crippen LogP contribution is 2.18. The zero-order valence-corrected chi connectivity index (χ0v) is 10.3. The summed E-state index contributed by atoms with van der Waals surface area (Å²) in [6.45, 7) is 4.52. The summed E-state index contributed by atoms with van der Waals surface area (Å²) in [5, 5.41) is 9.18. The molecule has 0 aromatic carbocycles. The third kappa shape index (κ3) is 2.52. The van der Waals surface area contributed by atoms with Crippen molar-refractivity contribution in [1.29, 1.82) is 0 Å². The highest BCUT2D eigenvalue weighted by Gasteiger charge is 2.25. The largest absolute Gasteiger partial charge is 0.396 e. The minimum absolute atomic E-state index is 0.0926. The van der Waals surface area contributed by atoms with Crippen molar-refractivity contribution in [1.82, 2.24) is 9.47 Å². The Labute approximate surface area is 102 Å². The van der Waals surface area contributed by atoms with E-state index in [1.807, 2.05) is 34.7 Å². The summed E-state index contributed by atoms with van der Waals surface area (Å²) >= 11 is 0. The van der Waals surface area contributed by atoms with E-state index >= 15 is 0 Å². The van der Waals surface area contributed by atoms with E-state index in [0.717, 1.165) is 31.6 Å². The van der Waals surface area contributed by atoms with Crippen LogP contribution in [0.2, 0.25) is 0 Å². The van der Waals surface area contributed by atoms with Crippen molar-refractivity contribution in [2.24, 2.45) is 5.92 Å². The summed E-state index contributed by atoms with van der Waals surface area (Å²) in [6, 6.07) is 3.78. The Kier molecular flexibility index (Phi) is 3.84. The molecule has 94 valence electrons. The molecule has 17 heavy (non-hydrogen) atoms. The molecule has 0 saturated carbocycles. The van der Waals surface area contributed by atoms with Gasteiger partial charge in [-0.3, -0.25) is 4.79 Å². The summed E-state index contributed by atoms with van der Waals surface area (Å²) in [5.74, 6) is 0.340. The maximum Gasteiger partial charge on any atom is 0.270 e. The maximum atomic E-state index is 12.3. The van der Waals surface area contributed by atoms with Crippen LogP contribution in [0.5, 0.6) is 0 Å². The number of aryl methyl sites for hydroxylation is 1. The molecule has 2 rings (SSSR count). The van der Waals surface area contributed by atoms with Gasteiger partial charge < -0.3 is 14.6 Å². The normalized spacial score (nSPS) is 20.6. The molecule has 0 radical (unpaired) electrons. The van der Waals surface area contributed by atoms with Crippen molar-refractivity contribution in [2.75, 3.05) is 19.7 Å². The molecular weight excluding hydrogens is 216 g/mol. The first-order valence-corrected chi connectivity index (χ1v) is 6.31. The van der Waals surface area contributed by atoms with Crippen molar-refractivity contribution in [2.45, 2.75) is 26.3 Å². The van der Waals surface area contributed by atoms with E-state index < -0.39 is 0 Å². The van der Waals surface area contributed by atoms with E-state index in [0.29, 0.717) is 6.54 Å². The second kappa shape index (κ2) is 5.36. The summed E-state index contributed by atoms with van der Waals surface area (Å²) in [7, 11) is 0. The van der Waals surface area contributed by atoms with Gasteiger partial charge in [0, 0.05) is 32.4 Å². The highest BCUT2D eigenvalue weighted by molar-refractivity contribution is 5.92. The molecule has 1 amide bonds. The maximum absolute atomic E-state index is 12.3. The summed E-state index contributed by atoms with van der Waals surface area (Å²) in [6.07, 6.45) is 3.94. The quantitative estimate of drug-likeness (QED) is 0.861. The van der Waals surface area contributed by atoms with Gasteiger partial charge in [-0.25, -0.2) is 0 Å². The highest BCUT2D eigenvalue weighted by atomic mass is 16.3. The Bertz CT molecular complexity index is 387. The lowest BCUT2D eigenvalue weighted by molar-refractivity contribution is 0.0610. The molecule has 1 aromatic rings. The molecule has 4 nitrogen and oxygen atoms in total. The number of aliphatic hydroxyl groups excluding tert-OH is 1. The van der Waals surface area contributed by atoms with Crippen LogP contribution in [0.25, 0.3) is 0 Å². The first kappa shape index (κ1) is 12.2. The van der Waals surface area contributed by atoms with E-state index in [9.17, 15) is 9.90 Å². The second-order valence-corrected chi connectivity index (χ2v) is 4.62. The van der Waals surface area contributed by atoms with Crippen LogP contribution in [0, 0.1) is 5.92 Å². The summed E-state index contributed by atoms with van der Waals surface area (Å²) in [5.41, 5.74) is 0.756. The van der Waals surface area contributed by atoms with E-state index in [-0.39, 0.29) is 18.4 Å². The number of hydrogen-bond acceptors (Lipinski definition) is 2. The lowest BCUT2D eigenvalue weighted by Gasteiger charge is -2.32. The Morgan fingerprint density at radius 1 is 1.59 bits per heavy atom. The molecule has 1 atom stereocenters. The van der Waals surface area contributed by atoms with E-state index in [1.54, 1.807) is 0 Å². The molecule has 1 unspecified atom stereocenters. The van der Waals surface area contributed by atoms with Gasteiger partial charge in [-0.1, -0.05) is 0 Å². The number of nitrogens with zero attached hydrogens (tertiary/aromatic N) is 2. The van der Waals surface area contributed by atoms with Gasteiger partial charge in [0.25, 0.3) is 5.91 Å². The first-order chi connectivity index (χ1) is 8.26. The first-order valence-electron chi connectivity index (χ1n) is 6.31. The number of carbonyl (C=O) groups is 1. The molecular formula is C13H20N2O2. The van der Waals surface area contributed by atoms with Crippen molar-refractivity contribution < 1.29 is 9.90 Å². The molecule has 0 bridgehead atoms. The zero-order valence-electron chi connectivity index (χ0n) is 10.3. The number of amides is 1. The number of rotatable bonds is 3. The van der Waals surface area contributed by atoms with Gasteiger partial charge in [-0.2, -0.15) is 0 Å². The van der Waals surface area contributed by atoms with Gasteiger partial charge in [-0.05, 0) is 37.8 Å². The fourth-order valence-corrected chi connectivity index (χ4v) is 2.44. The number of hydrogen-bond donors (Lipinski definition) is 1. The van der Waals surface area contributed by atoms with Crippen LogP contribution < -0.4 is 0 Å². The third-order valence-electron chi connectivity index (χ3n) is 3.45. The van der Waals surface area contributed by atoms with Crippen molar-refractivity contribution in [3.05, 3.63) is 24.0 Å². The average Bonchev–Trinajstić information content (AvgIpc) is 2.86. The standard InChI is InChI=1S/C13H20N2O2/c1-2-14-7-4-6-12(14)13(17)15-8-3-5-11(9-15)10-16/h4,6-7,11,16H,2-3,5,8-10H2,1H3. The van der Waals surface area contributed by atoms with E-state index in [2.05, 4.69) is 0 Å². The topological polar surface area (TPSA) is 45.5 Å². The fraction of sp³-hybridized carbons (Fsp3) is 0.615. The van der Waals surface area contributed by atoms with Gasteiger partial charge in [0.1, 0.15) is 5.69 Å². The smallest absolute Gasteiger partial charge is 0.270 e. The number of aromatic nitrogens is 1. The third-order valence-corrected chi connectivity index (χ3v) is 3.45. The van der Waals surface area contributed by atoms with Crippen molar-refractivity contribution in [3.63, 3.8) is 0 Å². The van der Waals surface area contributed by atoms with Crippen molar-refractivity contribution in [3.8, 4) is 0 Å². The molecule has 0 spiro atoms. The number of piperidine rings is 1. The predicted molar refractivity (Wildman–Crippen MR) is 65.8 cm³/mol. The molecule has 1 aliphatic rings. The monoisotopic (exact) mass is 236 g/mol. The minimum Gasteiger partial charge on any atom is -0.396 e. The Morgan fingerprint density at radius 3 is 3.12 bits per heavy atom. The van der Waals surface area contributed by atoms with Crippen LogP contribution in [-0.2, 0) is 6.54 Å². The van der Waals surface area contributed by atoms with Crippen LogP contribution >= 0.6 is 0 Å². The Hall–Kier alpha value is -1.29. The number of likely N-dealkylation sites (tertiary alicyclic amines) is 1. The SMILES string of the molecule is CCn1cccc1C(=O)N1CCCC(CO)C1. The van der Waals surface area contributed by atoms with Gasteiger partial charge >= 0.3 is 0 Å². The fourth-order valence-electron chi connectivity index (χ4n) is 2.44. The molecule has 1 saturated heterocycles. The van der Waals surface area contributed by atoms with Crippen LogP contribution in [0.1, 0.15) is 30.3 Å². The Balaban J connectivity index is 2.09. The average molecular weight is 236 g/mol.